The Labute approximate surface area is 129 Å². The number of nitrogens with one attached hydrogen (secondary N) is 1. The molecule has 0 amide bonds. The van der Waals surface area contributed by atoms with Crippen molar-refractivity contribution < 1.29 is 4.39 Å². The molecular formula is C17H18ClFN2. The van der Waals surface area contributed by atoms with Crippen LogP contribution in [0.25, 0.3) is 0 Å². The van der Waals surface area contributed by atoms with Gasteiger partial charge in [-0.15, -0.1) is 0 Å². The molecule has 0 fully saturated rings. The van der Waals surface area contributed by atoms with Gasteiger partial charge in [0.1, 0.15) is 5.82 Å². The Bertz CT molecular complexity index is 624. The van der Waals surface area contributed by atoms with Crippen LogP contribution in [-0.2, 0) is 6.42 Å². The predicted molar refractivity (Wildman–Crippen MR) is 83.1 cm³/mol. The number of nitrogens with zero attached hydrogens (tertiary/aromatic N) is 1. The van der Waals surface area contributed by atoms with Crippen LogP contribution in [-0.4, -0.2) is 11.5 Å². The maximum absolute atomic E-state index is 14.3. The van der Waals surface area contributed by atoms with Gasteiger partial charge < -0.3 is 5.32 Å². The van der Waals surface area contributed by atoms with Crippen molar-refractivity contribution >= 4 is 11.6 Å². The molecule has 0 aliphatic heterocycles. The lowest BCUT2D eigenvalue weighted by atomic mass is 9.90. The lowest BCUT2D eigenvalue weighted by molar-refractivity contribution is 0.429. The molecule has 1 aliphatic rings. The Morgan fingerprint density at radius 1 is 1.38 bits per heavy atom. The Balaban J connectivity index is 2.04. The van der Waals surface area contributed by atoms with Crippen LogP contribution in [0.4, 0.5) is 4.39 Å². The summed E-state index contributed by atoms with van der Waals surface area (Å²) in [5, 5.41) is 3.88. The monoisotopic (exact) mass is 304 g/mol. The first-order valence-electron chi connectivity index (χ1n) is 7.33. The van der Waals surface area contributed by atoms with Crippen LogP contribution in [0.15, 0.2) is 36.5 Å². The molecule has 110 valence electrons. The quantitative estimate of drug-likeness (QED) is 0.913. The Kier molecular flexibility index (Phi) is 4.22. The second kappa shape index (κ2) is 6.12. The van der Waals surface area contributed by atoms with Gasteiger partial charge in [-0.1, -0.05) is 30.7 Å². The molecule has 2 unspecified atom stereocenters. The fourth-order valence-corrected chi connectivity index (χ4v) is 3.52. The number of aromatic nitrogens is 1. The minimum Gasteiger partial charge on any atom is -0.310 e. The Hall–Kier alpha value is -1.45. The Morgan fingerprint density at radius 3 is 3.00 bits per heavy atom. The van der Waals surface area contributed by atoms with Crippen molar-refractivity contribution in [1.82, 2.24) is 10.3 Å². The molecule has 2 atom stereocenters. The molecule has 0 saturated carbocycles. The van der Waals surface area contributed by atoms with Crippen molar-refractivity contribution in [2.24, 2.45) is 0 Å². The third-order valence-electron chi connectivity index (χ3n) is 4.14. The van der Waals surface area contributed by atoms with Gasteiger partial charge >= 0.3 is 0 Å². The third kappa shape index (κ3) is 2.68. The van der Waals surface area contributed by atoms with E-state index in [1.54, 1.807) is 12.1 Å². The van der Waals surface area contributed by atoms with Gasteiger partial charge in [0.2, 0.25) is 0 Å². The average molecular weight is 305 g/mol. The molecule has 2 nitrogen and oxygen atoms in total. The topological polar surface area (TPSA) is 24.9 Å². The van der Waals surface area contributed by atoms with Crippen LogP contribution in [0.5, 0.6) is 0 Å². The molecule has 0 radical (unpaired) electrons. The summed E-state index contributed by atoms with van der Waals surface area (Å²) in [4.78, 5) is 4.52. The molecule has 0 spiro atoms. The fraction of sp³-hybridized carbons (Fsp3) is 0.353. The Morgan fingerprint density at radius 2 is 2.24 bits per heavy atom. The zero-order valence-electron chi connectivity index (χ0n) is 11.9. The molecule has 1 N–H and O–H groups in total. The fourth-order valence-electron chi connectivity index (χ4n) is 3.24. The minimum atomic E-state index is -0.252. The number of hydrogen-bond donors (Lipinski definition) is 1. The first-order chi connectivity index (χ1) is 10.2. The highest BCUT2D eigenvalue weighted by atomic mass is 35.5. The van der Waals surface area contributed by atoms with Crippen molar-refractivity contribution in [2.45, 2.75) is 31.7 Å². The van der Waals surface area contributed by atoms with Gasteiger partial charge in [0, 0.05) is 34.4 Å². The molecule has 0 saturated heterocycles. The second-order valence-electron chi connectivity index (χ2n) is 5.36. The minimum absolute atomic E-state index is 0.139. The van der Waals surface area contributed by atoms with E-state index in [-0.39, 0.29) is 17.8 Å². The summed E-state index contributed by atoms with van der Waals surface area (Å²) in [5.41, 5.74) is 2.89. The van der Waals surface area contributed by atoms with E-state index >= 15 is 0 Å². The number of halogens is 2. The number of aryl methyl sites for hydroxylation is 1. The molecular weight excluding hydrogens is 287 g/mol. The third-order valence-corrected chi connectivity index (χ3v) is 4.47. The van der Waals surface area contributed by atoms with Crippen molar-refractivity contribution in [2.75, 3.05) is 6.54 Å². The van der Waals surface area contributed by atoms with Crippen molar-refractivity contribution in [3.05, 3.63) is 64.2 Å². The SMILES string of the molecule is CCNC(c1c(F)cccc1Cl)C1CCc2cccnc21. The van der Waals surface area contributed by atoms with Gasteiger partial charge in [0.25, 0.3) is 0 Å². The number of benzene rings is 1. The maximum atomic E-state index is 14.3. The van der Waals surface area contributed by atoms with Crippen LogP contribution in [0.1, 0.15) is 42.1 Å². The van der Waals surface area contributed by atoms with Gasteiger partial charge in [-0.05, 0) is 43.1 Å². The van der Waals surface area contributed by atoms with Crippen LogP contribution in [0.3, 0.4) is 0 Å². The molecule has 1 heterocycles. The van der Waals surface area contributed by atoms with Crippen molar-refractivity contribution in [1.29, 1.82) is 0 Å². The van der Waals surface area contributed by atoms with Gasteiger partial charge in [0.05, 0.1) is 0 Å². The van der Waals surface area contributed by atoms with Crippen LogP contribution >= 0.6 is 11.6 Å². The lowest BCUT2D eigenvalue weighted by Gasteiger charge is -2.26. The molecule has 0 bridgehead atoms. The van der Waals surface area contributed by atoms with E-state index in [1.165, 1.54) is 11.6 Å². The van der Waals surface area contributed by atoms with Crippen LogP contribution in [0.2, 0.25) is 5.02 Å². The molecule has 4 heteroatoms. The van der Waals surface area contributed by atoms with Crippen molar-refractivity contribution in [3.63, 3.8) is 0 Å². The molecule has 1 aromatic heterocycles. The highest BCUT2D eigenvalue weighted by Crippen LogP contribution is 2.42. The zero-order valence-corrected chi connectivity index (χ0v) is 12.7. The number of hydrogen-bond acceptors (Lipinski definition) is 2. The van der Waals surface area contributed by atoms with E-state index < -0.39 is 0 Å². The molecule has 1 aromatic carbocycles. The highest BCUT2D eigenvalue weighted by Gasteiger charge is 2.33. The van der Waals surface area contributed by atoms with Crippen molar-refractivity contribution in [3.8, 4) is 0 Å². The van der Waals surface area contributed by atoms with Gasteiger partial charge in [-0.25, -0.2) is 4.39 Å². The summed E-state index contributed by atoms with van der Waals surface area (Å²) in [7, 11) is 0. The normalized spacial score (nSPS) is 18.5. The highest BCUT2D eigenvalue weighted by molar-refractivity contribution is 6.31. The van der Waals surface area contributed by atoms with Gasteiger partial charge in [0.15, 0.2) is 0 Å². The summed E-state index contributed by atoms with van der Waals surface area (Å²) in [6, 6.07) is 8.79. The van der Waals surface area contributed by atoms with E-state index in [0.717, 1.165) is 25.1 Å². The van der Waals surface area contributed by atoms with E-state index in [0.29, 0.717) is 10.6 Å². The van der Waals surface area contributed by atoms with Crippen LogP contribution < -0.4 is 5.32 Å². The molecule has 2 aromatic rings. The maximum Gasteiger partial charge on any atom is 0.129 e. The molecule has 21 heavy (non-hydrogen) atoms. The van der Waals surface area contributed by atoms with E-state index in [4.69, 9.17) is 11.6 Å². The lowest BCUT2D eigenvalue weighted by Crippen LogP contribution is -2.27. The first kappa shape index (κ1) is 14.5. The van der Waals surface area contributed by atoms with E-state index in [9.17, 15) is 4.39 Å². The first-order valence-corrected chi connectivity index (χ1v) is 7.71. The predicted octanol–water partition coefficient (Wildman–Crippen LogP) is 4.25. The second-order valence-corrected chi connectivity index (χ2v) is 5.77. The summed E-state index contributed by atoms with van der Waals surface area (Å²) >= 11 is 6.27. The van der Waals surface area contributed by atoms with Crippen LogP contribution in [0, 0.1) is 5.82 Å². The zero-order chi connectivity index (χ0) is 14.8. The summed E-state index contributed by atoms with van der Waals surface area (Å²) in [6.45, 7) is 2.78. The van der Waals surface area contributed by atoms with Gasteiger partial charge in [-0.3, -0.25) is 4.98 Å². The molecule has 1 aliphatic carbocycles. The number of rotatable bonds is 4. The number of likely N-dealkylation sites (N-methyl/N-ethyl adjacent to an activating group) is 1. The smallest absolute Gasteiger partial charge is 0.129 e. The summed E-state index contributed by atoms with van der Waals surface area (Å²) in [5.74, 6) is -0.0895. The number of pyridine rings is 1. The van der Waals surface area contributed by atoms with E-state index in [2.05, 4.69) is 16.4 Å². The van der Waals surface area contributed by atoms with E-state index in [1.807, 2.05) is 19.2 Å². The number of fused-ring (bicyclic) bond motifs is 1. The van der Waals surface area contributed by atoms with Gasteiger partial charge in [-0.2, -0.15) is 0 Å². The summed E-state index contributed by atoms with van der Waals surface area (Å²) in [6.07, 6.45) is 3.76. The standard InChI is InChI=1S/C17H18ClFN2/c1-2-20-17(15-13(18)6-3-7-14(15)19)12-9-8-11-5-4-10-21-16(11)12/h3-7,10,12,17,20H,2,8-9H2,1H3. The summed E-state index contributed by atoms with van der Waals surface area (Å²) < 4.78 is 14.3. The molecule has 3 rings (SSSR count). The largest absolute Gasteiger partial charge is 0.310 e. The average Bonchev–Trinajstić information content (AvgIpc) is 2.90.